The minimum atomic E-state index is -0.509. The van der Waals surface area contributed by atoms with Gasteiger partial charge in [-0.2, -0.15) is 5.10 Å². The van der Waals surface area contributed by atoms with Crippen LogP contribution in [0.3, 0.4) is 0 Å². The average Bonchev–Trinajstić information content (AvgIpc) is 3.38. The number of nitrogens with zero attached hydrogens (tertiary/aromatic N) is 7. The number of benzene rings is 3. The molecule has 39 heavy (non-hydrogen) atoms. The summed E-state index contributed by atoms with van der Waals surface area (Å²) in [5.74, 6) is 0.226. The van der Waals surface area contributed by atoms with E-state index < -0.39 is 5.91 Å². The molecule has 3 aromatic heterocycles. The van der Waals surface area contributed by atoms with E-state index in [2.05, 4.69) is 36.0 Å². The van der Waals surface area contributed by atoms with E-state index in [4.69, 9.17) is 4.74 Å². The topological polar surface area (TPSA) is 120 Å². The van der Waals surface area contributed by atoms with E-state index >= 15 is 0 Å². The quantitative estimate of drug-likeness (QED) is 0.257. The molecule has 3 aromatic carbocycles. The van der Waals surface area contributed by atoms with E-state index in [9.17, 15) is 4.79 Å². The highest BCUT2D eigenvalue weighted by molar-refractivity contribution is 6.07. The van der Waals surface area contributed by atoms with Crippen LogP contribution in [0.15, 0.2) is 90.0 Å². The zero-order valence-corrected chi connectivity index (χ0v) is 21.1. The molecule has 6 rings (SSSR count). The highest BCUT2D eigenvalue weighted by atomic mass is 16.5. The second kappa shape index (κ2) is 10.1. The molecule has 1 N–H and O–H groups in total. The van der Waals surface area contributed by atoms with E-state index in [-0.39, 0.29) is 5.69 Å². The third kappa shape index (κ3) is 4.44. The Hall–Kier alpha value is -5.51. The molecule has 0 saturated heterocycles. The van der Waals surface area contributed by atoms with Crippen LogP contribution in [0.5, 0.6) is 5.75 Å². The van der Waals surface area contributed by atoms with Gasteiger partial charge in [0.2, 0.25) is 5.65 Å². The van der Waals surface area contributed by atoms with Crippen molar-refractivity contribution in [3.8, 4) is 28.1 Å². The summed E-state index contributed by atoms with van der Waals surface area (Å²) in [5, 5.41) is 27.0. The minimum Gasteiger partial charge on any atom is -0.497 e. The predicted octanol–water partition coefficient (Wildman–Crippen LogP) is 4.48. The Morgan fingerprint density at radius 2 is 1.56 bits per heavy atom. The van der Waals surface area contributed by atoms with Gasteiger partial charge in [0, 0.05) is 11.1 Å². The zero-order chi connectivity index (χ0) is 26.8. The predicted molar refractivity (Wildman–Crippen MR) is 148 cm³/mol. The van der Waals surface area contributed by atoms with Gasteiger partial charge in [-0.15, -0.1) is 25.5 Å². The summed E-state index contributed by atoms with van der Waals surface area (Å²) in [6.07, 6.45) is 1.54. The van der Waals surface area contributed by atoms with Crippen molar-refractivity contribution in [3.63, 3.8) is 0 Å². The van der Waals surface area contributed by atoms with Crippen molar-refractivity contribution in [1.29, 1.82) is 0 Å². The molecule has 10 heteroatoms. The van der Waals surface area contributed by atoms with E-state index in [0.717, 1.165) is 28.0 Å². The van der Waals surface area contributed by atoms with Crippen LogP contribution in [0.25, 0.3) is 39.1 Å². The van der Waals surface area contributed by atoms with Crippen LogP contribution >= 0.6 is 0 Å². The van der Waals surface area contributed by atoms with Crippen molar-refractivity contribution in [1.82, 2.24) is 35.4 Å². The fourth-order valence-electron chi connectivity index (χ4n) is 4.36. The largest absolute Gasteiger partial charge is 0.497 e. The molecule has 6 aromatic rings. The van der Waals surface area contributed by atoms with Crippen molar-refractivity contribution in [3.05, 3.63) is 102 Å². The molecule has 0 aliphatic heterocycles. The molecular formula is C29H22N8O2. The molecule has 0 atom stereocenters. The number of hydrogen-bond donors (Lipinski definition) is 1. The van der Waals surface area contributed by atoms with Crippen LogP contribution in [-0.4, -0.2) is 49.2 Å². The zero-order valence-electron chi connectivity index (χ0n) is 21.1. The molecule has 0 unspecified atom stereocenters. The van der Waals surface area contributed by atoms with Gasteiger partial charge in [0.25, 0.3) is 5.91 Å². The van der Waals surface area contributed by atoms with Crippen LogP contribution in [0.1, 0.15) is 21.7 Å². The smallest absolute Gasteiger partial charge is 0.293 e. The molecule has 3 heterocycles. The normalized spacial score (nSPS) is 11.3. The Morgan fingerprint density at radius 3 is 2.26 bits per heavy atom. The van der Waals surface area contributed by atoms with E-state index in [1.54, 1.807) is 18.5 Å². The minimum absolute atomic E-state index is 0.0969. The molecule has 0 spiro atoms. The van der Waals surface area contributed by atoms with Gasteiger partial charge >= 0.3 is 0 Å². The van der Waals surface area contributed by atoms with E-state index in [1.165, 1.54) is 6.21 Å². The van der Waals surface area contributed by atoms with E-state index in [1.807, 2.05) is 84.9 Å². The number of ether oxygens (including phenoxy) is 1. The van der Waals surface area contributed by atoms with Gasteiger partial charge in [0.15, 0.2) is 11.3 Å². The SMILES string of the molecule is COc1ccc(/C=N/NC(=O)c2nnc3c4c(-c5ccccc5)c(-c5ccccc5)nnc4nn3c2C)cc1. The Bertz CT molecular complexity index is 1830. The third-order valence-corrected chi connectivity index (χ3v) is 6.30. The number of hydrogen-bond acceptors (Lipinski definition) is 8. The van der Waals surface area contributed by atoms with Crippen molar-refractivity contribution in [2.45, 2.75) is 6.92 Å². The number of amides is 1. The van der Waals surface area contributed by atoms with E-state index in [0.29, 0.717) is 28.1 Å². The van der Waals surface area contributed by atoms with Crippen LogP contribution < -0.4 is 10.2 Å². The van der Waals surface area contributed by atoms with Crippen LogP contribution in [-0.2, 0) is 0 Å². The summed E-state index contributed by atoms with van der Waals surface area (Å²) in [5.41, 5.74) is 8.20. The molecule has 0 bridgehead atoms. The molecule has 0 fully saturated rings. The lowest BCUT2D eigenvalue weighted by atomic mass is 9.97. The summed E-state index contributed by atoms with van der Waals surface area (Å²) in [7, 11) is 1.60. The first-order valence-electron chi connectivity index (χ1n) is 12.1. The maximum atomic E-state index is 12.9. The first kappa shape index (κ1) is 23.9. The Balaban J connectivity index is 1.42. The standard InChI is InChI=1S/C29H22N8O2/c1-18-25(29(38)35-30-17-19-13-15-22(39-2)16-14-19)31-34-28-24-23(20-9-5-3-6-10-20)26(21-11-7-4-8-12-21)32-33-27(24)36-37(18)28/h3-17H,1-2H3,(H,35,38)/b30-17+. The molecule has 0 aliphatic rings. The van der Waals surface area contributed by atoms with Gasteiger partial charge in [-0.05, 0) is 42.3 Å². The second-order valence-corrected chi connectivity index (χ2v) is 8.70. The summed E-state index contributed by atoms with van der Waals surface area (Å²) >= 11 is 0. The Labute approximate surface area is 223 Å². The number of nitrogens with one attached hydrogen (secondary N) is 1. The molecule has 190 valence electrons. The number of carbonyl (C=O) groups excluding carboxylic acids is 1. The first-order chi connectivity index (χ1) is 19.1. The lowest BCUT2D eigenvalue weighted by molar-refractivity contribution is 0.0947. The van der Waals surface area contributed by atoms with Gasteiger partial charge in [-0.1, -0.05) is 60.7 Å². The molecule has 0 radical (unpaired) electrons. The molecule has 10 nitrogen and oxygen atoms in total. The van der Waals surface area contributed by atoms with Crippen molar-refractivity contribution in [2.24, 2.45) is 5.10 Å². The summed E-state index contributed by atoms with van der Waals surface area (Å²) in [6, 6.07) is 27.0. The van der Waals surface area contributed by atoms with Crippen LogP contribution in [0.2, 0.25) is 0 Å². The highest BCUT2D eigenvalue weighted by Gasteiger charge is 2.23. The lowest BCUT2D eigenvalue weighted by Gasteiger charge is -2.10. The number of carbonyl (C=O) groups is 1. The Kier molecular flexibility index (Phi) is 6.18. The second-order valence-electron chi connectivity index (χ2n) is 8.70. The number of fused-ring (bicyclic) bond motifs is 3. The van der Waals surface area contributed by atoms with Crippen molar-refractivity contribution >= 4 is 28.8 Å². The van der Waals surface area contributed by atoms with Crippen molar-refractivity contribution < 1.29 is 9.53 Å². The van der Waals surface area contributed by atoms with Gasteiger partial charge < -0.3 is 4.74 Å². The number of aromatic nitrogens is 6. The maximum absolute atomic E-state index is 12.9. The third-order valence-electron chi connectivity index (χ3n) is 6.30. The van der Waals surface area contributed by atoms with Crippen molar-refractivity contribution in [2.75, 3.05) is 7.11 Å². The summed E-state index contributed by atoms with van der Waals surface area (Å²) in [6.45, 7) is 1.75. The monoisotopic (exact) mass is 514 g/mol. The van der Waals surface area contributed by atoms with Crippen LogP contribution in [0, 0.1) is 6.92 Å². The summed E-state index contributed by atoms with van der Waals surface area (Å²) in [4.78, 5) is 12.9. The maximum Gasteiger partial charge on any atom is 0.293 e. The van der Waals surface area contributed by atoms with Crippen LogP contribution in [0.4, 0.5) is 0 Å². The van der Waals surface area contributed by atoms with Gasteiger partial charge in [-0.3, -0.25) is 4.79 Å². The molecule has 0 aliphatic carbocycles. The number of methoxy groups -OCH3 is 1. The van der Waals surface area contributed by atoms with Gasteiger partial charge in [-0.25, -0.2) is 9.94 Å². The molecule has 0 saturated carbocycles. The fraction of sp³-hybridized carbons (Fsp3) is 0.0690. The Morgan fingerprint density at radius 1 is 0.872 bits per heavy atom. The fourth-order valence-corrected chi connectivity index (χ4v) is 4.36. The van der Waals surface area contributed by atoms with Gasteiger partial charge in [0.1, 0.15) is 11.4 Å². The molecule has 1 amide bonds. The number of rotatable bonds is 6. The van der Waals surface area contributed by atoms with Gasteiger partial charge in [0.05, 0.1) is 24.4 Å². The lowest BCUT2D eigenvalue weighted by Crippen LogP contribution is -2.22. The molecular weight excluding hydrogens is 492 g/mol. The average molecular weight is 515 g/mol. The first-order valence-corrected chi connectivity index (χ1v) is 12.1. The number of hydrazone groups is 1. The number of aryl methyl sites for hydroxylation is 1. The highest BCUT2D eigenvalue weighted by Crippen LogP contribution is 2.37. The summed E-state index contributed by atoms with van der Waals surface area (Å²) < 4.78 is 6.73.